The number of carbonyl (C=O) groups is 1. The van der Waals surface area contributed by atoms with Crippen molar-refractivity contribution in [3.05, 3.63) is 52.8 Å². The molecule has 0 aliphatic heterocycles. The van der Waals surface area contributed by atoms with Crippen molar-refractivity contribution in [1.82, 2.24) is 4.57 Å². The molecule has 2 nitrogen and oxygen atoms in total. The number of aromatic nitrogens is 1. The highest BCUT2D eigenvalue weighted by molar-refractivity contribution is 5.99. The van der Waals surface area contributed by atoms with Crippen LogP contribution in [-0.4, -0.2) is 10.4 Å². The van der Waals surface area contributed by atoms with Gasteiger partial charge in [-0.1, -0.05) is 39.0 Å². The van der Waals surface area contributed by atoms with E-state index < -0.39 is 0 Å². The number of para-hydroxylation sites is 1. The van der Waals surface area contributed by atoms with Gasteiger partial charge in [-0.3, -0.25) is 4.79 Å². The van der Waals surface area contributed by atoms with Gasteiger partial charge in [-0.05, 0) is 42.9 Å². The van der Waals surface area contributed by atoms with Gasteiger partial charge in [0.1, 0.15) is 0 Å². The normalized spacial score (nSPS) is 16.9. The Hall–Kier alpha value is -1.83. The van der Waals surface area contributed by atoms with Crippen molar-refractivity contribution in [2.75, 3.05) is 0 Å². The number of hydrogen-bond donors (Lipinski definition) is 0. The van der Waals surface area contributed by atoms with Crippen molar-refractivity contribution in [2.45, 2.75) is 47.0 Å². The molecule has 0 atom stereocenters. The maximum atomic E-state index is 12.4. The number of Topliss-reactive ketones (excluding diaryl/α,β-unsaturated/α-hetero) is 1. The van der Waals surface area contributed by atoms with Crippen LogP contribution in [0.4, 0.5) is 0 Å². The lowest BCUT2D eigenvalue weighted by Gasteiger charge is -2.30. The molecule has 0 saturated heterocycles. The molecule has 0 spiro atoms. The maximum Gasteiger partial charge on any atom is 0.165 e. The molecule has 1 heterocycles. The Morgan fingerprint density at radius 2 is 1.90 bits per heavy atom. The van der Waals surface area contributed by atoms with Gasteiger partial charge in [0.2, 0.25) is 0 Å². The Labute approximate surface area is 126 Å². The molecule has 3 rings (SSSR count). The number of rotatable bonds is 2. The van der Waals surface area contributed by atoms with Crippen LogP contribution in [0.5, 0.6) is 0 Å². The van der Waals surface area contributed by atoms with Crippen molar-refractivity contribution in [3.63, 3.8) is 0 Å². The van der Waals surface area contributed by atoms with Gasteiger partial charge in [-0.15, -0.1) is 0 Å². The van der Waals surface area contributed by atoms with E-state index in [-0.39, 0.29) is 11.2 Å². The van der Waals surface area contributed by atoms with E-state index in [0.29, 0.717) is 6.42 Å². The monoisotopic (exact) mass is 281 g/mol. The predicted molar refractivity (Wildman–Crippen MR) is 86.3 cm³/mol. The smallest absolute Gasteiger partial charge is 0.165 e. The van der Waals surface area contributed by atoms with Crippen molar-refractivity contribution < 1.29 is 4.79 Å². The second kappa shape index (κ2) is 4.87. The molecule has 0 unspecified atom stereocenters. The van der Waals surface area contributed by atoms with Crippen molar-refractivity contribution >= 4 is 5.78 Å². The van der Waals surface area contributed by atoms with Crippen LogP contribution in [0, 0.1) is 12.3 Å². The molecule has 1 aromatic carbocycles. The van der Waals surface area contributed by atoms with E-state index in [9.17, 15) is 4.79 Å². The second-order valence-electron chi connectivity index (χ2n) is 6.90. The van der Waals surface area contributed by atoms with Crippen LogP contribution in [0.3, 0.4) is 0 Å². The van der Waals surface area contributed by atoms with Crippen LogP contribution < -0.4 is 0 Å². The largest absolute Gasteiger partial charge is 0.317 e. The van der Waals surface area contributed by atoms with Gasteiger partial charge >= 0.3 is 0 Å². The molecule has 0 saturated carbocycles. The van der Waals surface area contributed by atoms with Crippen LogP contribution >= 0.6 is 0 Å². The standard InChI is InChI=1S/C19H23NO/c1-5-14-8-6-7-9-16(14)20-13(2)10-15-17(20)11-19(3,4)12-18(15)21/h6-10H,5,11-12H2,1-4H3. The van der Waals surface area contributed by atoms with Crippen LogP contribution in [0.25, 0.3) is 5.69 Å². The van der Waals surface area contributed by atoms with Crippen LogP contribution in [0.15, 0.2) is 30.3 Å². The Morgan fingerprint density at radius 3 is 2.62 bits per heavy atom. The highest BCUT2D eigenvalue weighted by atomic mass is 16.1. The average Bonchev–Trinajstić information content (AvgIpc) is 2.74. The number of ketones is 1. The third kappa shape index (κ3) is 2.33. The molecule has 110 valence electrons. The van der Waals surface area contributed by atoms with E-state index in [4.69, 9.17) is 0 Å². The first-order valence-corrected chi connectivity index (χ1v) is 7.75. The molecular formula is C19H23NO. The molecule has 1 aliphatic rings. The molecular weight excluding hydrogens is 258 g/mol. The fraction of sp³-hybridized carbons (Fsp3) is 0.421. The zero-order valence-electron chi connectivity index (χ0n) is 13.4. The lowest BCUT2D eigenvalue weighted by molar-refractivity contribution is 0.0911. The number of nitrogens with zero attached hydrogens (tertiary/aromatic N) is 1. The summed E-state index contributed by atoms with van der Waals surface area (Å²) in [5, 5.41) is 0. The summed E-state index contributed by atoms with van der Waals surface area (Å²) in [6.07, 6.45) is 2.61. The molecule has 0 bridgehead atoms. The minimum atomic E-state index is 0.0494. The molecule has 0 radical (unpaired) electrons. The Bertz CT molecular complexity index is 706. The summed E-state index contributed by atoms with van der Waals surface area (Å²) >= 11 is 0. The predicted octanol–water partition coefficient (Wildman–Crippen LogP) is 4.50. The maximum absolute atomic E-state index is 12.4. The summed E-state index contributed by atoms with van der Waals surface area (Å²) in [5.74, 6) is 0.289. The quantitative estimate of drug-likeness (QED) is 0.794. The van der Waals surface area contributed by atoms with Crippen LogP contribution in [-0.2, 0) is 12.8 Å². The lowest BCUT2D eigenvalue weighted by Crippen LogP contribution is -2.28. The summed E-state index contributed by atoms with van der Waals surface area (Å²) in [7, 11) is 0. The third-order valence-corrected chi connectivity index (χ3v) is 4.49. The van der Waals surface area contributed by atoms with Crippen molar-refractivity contribution in [3.8, 4) is 5.69 Å². The first-order chi connectivity index (χ1) is 9.93. The number of hydrogen-bond acceptors (Lipinski definition) is 1. The summed E-state index contributed by atoms with van der Waals surface area (Å²) in [4.78, 5) is 12.4. The van der Waals surface area contributed by atoms with Gasteiger partial charge in [0, 0.05) is 29.1 Å². The van der Waals surface area contributed by atoms with E-state index in [1.165, 1.54) is 16.9 Å². The summed E-state index contributed by atoms with van der Waals surface area (Å²) in [6.45, 7) is 8.66. The molecule has 1 aliphatic carbocycles. The Morgan fingerprint density at radius 1 is 1.19 bits per heavy atom. The van der Waals surface area contributed by atoms with Gasteiger partial charge in [0.05, 0.1) is 0 Å². The molecule has 2 aromatic rings. The highest BCUT2D eigenvalue weighted by Gasteiger charge is 2.34. The molecule has 0 fully saturated rings. The Kier molecular flexibility index (Phi) is 3.27. The number of benzene rings is 1. The average molecular weight is 281 g/mol. The first-order valence-electron chi connectivity index (χ1n) is 7.75. The minimum Gasteiger partial charge on any atom is -0.317 e. The molecule has 21 heavy (non-hydrogen) atoms. The molecule has 0 amide bonds. The van der Waals surface area contributed by atoms with Crippen LogP contribution in [0.1, 0.15) is 54.5 Å². The van der Waals surface area contributed by atoms with E-state index in [2.05, 4.69) is 62.6 Å². The minimum absolute atomic E-state index is 0.0494. The topological polar surface area (TPSA) is 22.0 Å². The Balaban J connectivity index is 2.24. The molecule has 2 heteroatoms. The van der Waals surface area contributed by atoms with Crippen LogP contribution in [0.2, 0.25) is 0 Å². The van der Waals surface area contributed by atoms with Crippen molar-refractivity contribution in [2.24, 2.45) is 5.41 Å². The highest BCUT2D eigenvalue weighted by Crippen LogP contribution is 2.37. The van der Waals surface area contributed by atoms with E-state index >= 15 is 0 Å². The van der Waals surface area contributed by atoms with Gasteiger partial charge in [-0.25, -0.2) is 0 Å². The van der Waals surface area contributed by atoms with E-state index in [1.54, 1.807) is 0 Å². The molecule has 1 aromatic heterocycles. The first kappa shape index (κ1) is 14.1. The van der Waals surface area contributed by atoms with Gasteiger partial charge in [-0.2, -0.15) is 0 Å². The van der Waals surface area contributed by atoms with Gasteiger partial charge in [0.25, 0.3) is 0 Å². The second-order valence-corrected chi connectivity index (χ2v) is 6.90. The van der Waals surface area contributed by atoms with Gasteiger partial charge < -0.3 is 4.57 Å². The summed E-state index contributed by atoms with van der Waals surface area (Å²) in [5.41, 5.74) is 5.88. The fourth-order valence-corrected chi connectivity index (χ4v) is 3.51. The van der Waals surface area contributed by atoms with Crippen molar-refractivity contribution in [1.29, 1.82) is 0 Å². The summed E-state index contributed by atoms with van der Waals surface area (Å²) in [6, 6.07) is 10.6. The molecule has 0 N–H and O–H groups in total. The van der Waals surface area contributed by atoms with E-state index in [0.717, 1.165) is 24.1 Å². The zero-order valence-corrected chi connectivity index (χ0v) is 13.4. The zero-order chi connectivity index (χ0) is 15.2. The number of fused-ring (bicyclic) bond motifs is 1. The third-order valence-electron chi connectivity index (χ3n) is 4.49. The lowest BCUT2D eigenvalue weighted by atomic mass is 9.76. The van der Waals surface area contributed by atoms with E-state index in [1.807, 2.05) is 0 Å². The number of carbonyl (C=O) groups excluding carboxylic acids is 1. The fourth-order valence-electron chi connectivity index (χ4n) is 3.51. The SMILES string of the molecule is CCc1ccccc1-n1c(C)cc2c1CC(C)(C)CC2=O. The summed E-state index contributed by atoms with van der Waals surface area (Å²) < 4.78 is 2.30. The van der Waals surface area contributed by atoms with Gasteiger partial charge in [0.15, 0.2) is 5.78 Å². The number of aryl methyl sites for hydroxylation is 2.